The Morgan fingerprint density at radius 1 is 0.765 bits per heavy atom. The summed E-state index contributed by atoms with van der Waals surface area (Å²) in [4.78, 5) is 2.29. The number of rotatable bonds is 8. The van der Waals surface area contributed by atoms with Gasteiger partial charge in [0.05, 0.1) is 11.4 Å². The predicted octanol–water partition coefficient (Wildman–Crippen LogP) is 8.71. The van der Waals surface area contributed by atoms with E-state index in [2.05, 4.69) is 121 Å². The quantitative estimate of drug-likeness (QED) is 0.274. The Balaban J connectivity index is 1.74. The minimum atomic E-state index is 0.984. The summed E-state index contributed by atoms with van der Waals surface area (Å²) in [6.45, 7) is 6.35. The van der Waals surface area contributed by atoms with E-state index >= 15 is 0 Å². The Morgan fingerprint density at radius 2 is 1.38 bits per heavy atom. The SMILES string of the molecule is C=C(/C=C\C=C(/C)N(c1ccccc1)c1cc(-c2ccccc2)ccc1NC)c1ccccc1. The molecular weight excluding hydrogens is 412 g/mol. The minimum Gasteiger partial charge on any atom is -0.386 e. The zero-order valence-corrected chi connectivity index (χ0v) is 19.8. The van der Waals surface area contributed by atoms with Crippen LogP contribution in [0.15, 0.2) is 140 Å². The van der Waals surface area contributed by atoms with Crippen molar-refractivity contribution in [2.45, 2.75) is 6.92 Å². The molecule has 2 nitrogen and oxygen atoms in total. The van der Waals surface area contributed by atoms with Crippen molar-refractivity contribution in [2.75, 3.05) is 17.3 Å². The highest BCUT2D eigenvalue weighted by Gasteiger charge is 2.16. The van der Waals surface area contributed by atoms with Crippen LogP contribution in [-0.2, 0) is 0 Å². The summed E-state index contributed by atoms with van der Waals surface area (Å²) in [5, 5.41) is 3.37. The van der Waals surface area contributed by atoms with E-state index in [1.54, 1.807) is 0 Å². The summed E-state index contributed by atoms with van der Waals surface area (Å²) in [6, 6.07) is 37.7. The number of benzene rings is 4. The van der Waals surface area contributed by atoms with E-state index in [-0.39, 0.29) is 0 Å². The molecule has 0 unspecified atom stereocenters. The maximum atomic E-state index is 4.22. The smallest absolute Gasteiger partial charge is 0.0696 e. The van der Waals surface area contributed by atoms with Crippen molar-refractivity contribution in [1.29, 1.82) is 0 Å². The van der Waals surface area contributed by atoms with Crippen molar-refractivity contribution in [2.24, 2.45) is 0 Å². The zero-order chi connectivity index (χ0) is 23.8. The lowest BCUT2D eigenvalue weighted by molar-refractivity contribution is 1.15. The second kappa shape index (κ2) is 11.0. The van der Waals surface area contributed by atoms with Crippen molar-refractivity contribution in [3.05, 3.63) is 145 Å². The van der Waals surface area contributed by atoms with E-state index in [1.165, 1.54) is 11.1 Å². The van der Waals surface area contributed by atoms with E-state index < -0.39 is 0 Å². The van der Waals surface area contributed by atoms with Gasteiger partial charge >= 0.3 is 0 Å². The van der Waals surface area contributed by atoms with Gasteiger partial charge in [0.25, 0.3) is 0 Å². The molecule has 0 atom stereocenters. The molecule has 4 aromatic rings. The molecule has 0 spiro atoms. The first-order valence-corrected chi connectivity index (χ1v) is 11.5. The molecule has 2 heteroatoms. The fourth-order valence-corrected chi connectivity index (χ4v) is 3.97. The van der Waals surface area contributed by atoms with Gasteiger partial charge in [-0.2, -0.15) is 0 Å². The molecule has 0 saturated heterocycles. The normalized spacial score (nSPS) is 11.4. The van der Waals surface area contributed by atoms with Gasteiger partial charge in [0.1, 0.15) is 0 Å². The predicted molar refractivity (Wildman–Crippen MR) is 148 cm³/mol. The summed E-state index contributed by atoms with van der Waals surface area (Å²) in [6.07, 6.45) is 6.26. The van der Waals surface area contributed by atoms with E-state index in [9.17, 15) is 0 Å². The summed E-state index contributed by atoms with van der Waals surface area (Å²) in [5.41, 5.74) is 8.85. The van der Waals surface area contributed by atoms with Crippen LogP contribution < -0.4 is 10.2 Å². The molecule has 0 aliphatic rings. The molecule has 0 heterocycles. The molecule has 0 bridgehead atoms. The molecule has 168 valence electrons. The number of hydrogen-bond acceptors (Lipinski definition) is 2. The summed E-state index contributed by atoms with van der Waals surface area (Å²) >= 11 is 0. The fraction of sp³-hybridized carbons (Fsp3) is 0.0625. The molecule has 34 heavy (non-hydrogen) atoms. The molecular formula is C32H30N2. The van der Waals surface area contributed by atoms with Gasteiger partial charge in [0.15, 0.2) is 0 Å². The maximum Gasteiger partial charge on any atom is 0.0696 e. The molecule has 0 fully saturated rings. The Bertz CT molecular complexity index is 1290. The molecule has 4 rings (SSSR count). The van der Waals surface area contributed by atoms with Crippen molar-refractivity contribution < 1.29 is 0 Å². The molecule has 4 aromatic carbocycles. The first-order valence-electron chi connectivity index (χ1n) is 11.5. The van der Waals surface area contributed by atoms with Gasteiger partial charge in [-0.1, -0.05) is 104 Å². The third-order valence-corrected chi connectivity index (χ3v) is 5.76. The highest BCUT2D eigenvalue weighted by atomic mass is 15.2. The topological polar surface area (TPSA) is 15.3 Å². The Kier molecular flexibility index (Phi) is 7.42. The van der Waals surface area contributed by atoms with Gasteiger partial charge < -0.3 is 10.2 Å². The third kappa shape index (κ3) is 5.36. The number of anilines is 3. The monoisotopic (exact) mass is 442 g/mol. The fourth-order valence-electron chi connectivity index (χ4n) is 3.97. The standard InChI is InChI=1S/C32H30N2/c1-25(27-16-7-4-8-17-27)14-13-15-26(2)34(30-20-11-6-12-21-30)32-24-29(22-23-31(32)33-3)28-18-9-5-10-19-28/h4-24,33H,1H2,2-3H3/b14-13-,26-15+. The number of nitrogens with zero attached hydrogens (tertiary/aromatic N) is 1. The van der Waals surface area contributed by atoms with Crippen LogP contribution in [0.2, 0.25) is 0 Å². The highest BCUT2D eigenvalue weighted by Crippen LogP contribution is 2.38. The first-order chi connectivity index (χ1) is 16.7. The molecule has 0 aliphatic carbocycles. The highest BCUT2D eigenvalue weighted by molar-refractivity contribution is 5.84. The van der Waals surface area contributed by atoms with Crippen molar-refractivity contribution in [3.8, 4) is 11.1 Å². The van der Waals surface area contributed by atoms with E-state index in [1.807, 2.05) is 37.4 Å². The maximum absolute atomic E-state index is 4.22. The van der Waals surface area contributed by atoms with E-state index in [4.69, 9.17) is 0 Å². The van der Waals surface area contributed by atoms with Crippen LogP contribution >= 0.6 is 0 Å². The van der Waals surface area contributed by atoms with Crippen LogP contribution in [0.1, 0.15) is 12.5 Å². The second-order valence-electron chi connectivity index (χ2n) is 8.08. The molecule has 0 radical (unpaired) electrons. The van der Waals surface area contributed by atoms with E-state index in [0.29, 0.717) is 0 Å². The summed E-state index contributed by atoms with van der Waals surface area (Å²) in [5.74, 6) is 0. The number of para-hydroxylation sites is 1. The molecule has 1 N–H and O–H groups in total. The summed E-state index contributed by atoms with van der Waals surface area (Å²) < 4.78 is 0. The number of hydrogen-bond donors (Lipinski definition) is 1. The van der Waals surface area contributed by atoms with Gasteiger partial charge in [0.2, 0.25) is 0 Å². The van der Waals surface area contributed by atoms with Gasteiger partial charge in [-0.05, 0) is 59.5 Å². The third-order valence-electron chi connectivity index (χ3n) is 5.76. The van der Waals surface area contributed by atoms with Crippen LogP contribution in [0.3, 0.4) is 0 Å². The number of allylic oxidation sites excluding steroid dienone is 5. The van der Waals surface area contributed by atoms with Gasteiger partial charge in [-0.15, -0.1) is 0 Å². The second-order valence-corrected chi connectivity index (χ2v) is 8.08. The Hall–Kier alpha value is -4.30. The Morgan fingerprint density at radius 3 is 2.03 bits per heavy atom. The van der Waals surface area contributed by atoms with Crippen molar-refractivity contribution >= 4 is 22.6 Å². The van der Waals surface area contributed by atoms with Crippen LogP contribution in [0.25, 0.3) is 16.7 Å². The average molecular weight is 443 g/mol. The van der Waals surface area contributed by atoms with Crippen molar-refractivity contribution in [1.82, 2.24) is 0 Å². The van der Waals surface area contributed by atoms with E-state index in [0.717, 1.165) is 33.9 Å². The molecule has 0 aliphatic heterocycles. The lowest BCUT2D eigenvalue weighted by atomic mass is 10.0. The van der Waals surface area contributed by atoms with Gasteiger partial charge in [-0.25, -0.2) is 0 Å². The van der Waals surface area contributed by atoms with Crippen LogP contribution in [0.4, 0.5) is 17.1 Å². The molecule has 0 aromatic heterocycles. The van der Waals surface area contributed by atoms with Gasteiger partial charge in [-0.3, -0.25) is 0 Å². The lowest BCUT2D eigenvalue weighted by Gasteiger charge is -2.28. The van der Waals surface area contributed by atoms with Crippen LogP contribution in [0.5, 0.6) is 0 Å². The molecule has 0 saturated carbocycles. The van der Waals surface area contributed by atoms with Gasteiger partial charge in [0, 0.05) is 18.4 Å². The lowest BCUT2D eigenvalue weighted by Crippen LogP contribution is -2.16. The summed E-state index contributed by atoms with van der Waals surface area (Å²) in [7, 11) is 1.97. The number of nitrogens with one attached hydrogen (secondary N) is 1. The van der Waals surface area contributed by atoms with Crippen LogP contribution in [0, 0.1) is 0 Å². The Labute approximate surface area is 203 Å². The van der Waals surface area contributed by atoms with Crippen LogP contribution in [-0.4, -0.2) is 7.05 Å². The largest absolute Gasteiger partial charge is 0.386 e. The van der Waals surface area contributed by atoms with Crippen molar-refractivity contribution in [3.63, 3.8) is 0 Å². The molecule has 0 amide bonds. The average Bonchev–Trinajstić information content (AvgIpc) is 2.90. The zero-order valence-electron chi connectivity index (χ0n) is 19.8. The first kappa shape index (κ1) is 22.9. The minimum absolute atomic E-state index is 0.984.